The molecule has 1 aromatic carbocycles. The van der Waals surface area contributed by atoms with Crippen LogP contribution in [0.5, 0.6) is 0 Å². The summed E-state index contributed by atoms with van der Waals surface area (Å²) in [5.74, 6) is 0.443. The summed E-state index contributed by atoms with van der Waals surface area (Å²) in [5.41, 5.74) is 6.37. The minimum atomic E-state index is 0.0634. The lowest BCUT2D eigenvalue weighted by Gasteiger charge is -2.19. The monoisotopic (exact) mass is 340 g/mol. The average molecular weight is 341 g/mol. The summed E-state index contributed by atoms with van der Waals surface area (Å²) in [6, 6.07) is 5.56. The van der Waals surface area contributed by atoms with Gasteiger partial charge in [0, 0.05) is 28.1 Å². The van der Waals surface area contributed by atoms with Crippen molar-refractivity contribution in [1.29, 1.82) is 0 Å². The molecule has 0 aliphatic heterocycles. The highest BCUT2D eigenvalue weighted by Gasteiger charge is 2.12. The Morgan fingerprint density at radius 3 is 2.53 bits per heavy atom. The van der Waals surface area contributed by atoms with E-state index in [0.717, 1.165) is 9.37 Å². The summed E-state index contributed by atoms with van der Waals surface area (Å²) in [7, 11) is 0. The molecule has 0 unspecified atom stereocenters. The molecule has 0 spiro atoms. The van der Waals surface area contributed by atoms with Gasteiger partial charge in [0.1, 0.15) is 0 Å². The molecule has 0 atom stereocenters. The van der Waals surface area contributed by atoms with E-state index < -0.39 is 0 Å². The van der Waals surface area contributed by atoms with Gasteiger partial charge in [-0.25, -0.2) is 0 Å². The van der Waals surface area contributed by atoms with Gasteiger partial charge in [-0.3, -0.25) is 4.79 Å². The lowest BCUT2D eigenvalue weighted by atomic mass is 10.3. The molecule has 0 saturated heterocycles. The Kier molecular flexibility index (Phi) is 6.73. The third-order valence-corrected chi connectivity index (χ3v) is 4.34. The Hall–Kier alpha value is -1.20. The van der Waals surface area contributed by atoms with Gasteiger partial charge in [-0.2, -0.15) is 0 Å². The number of hydrogen-bond acceptors (Lipinski definition) is 3. The van der Waals surface area contributed by atoms with Gasteiger partial charge in [-0.15, -0.1) is 24.9 Å². The predicted molar refractivity (Wildman–Crippen MR) is 86.3 cm³/mol. The summed E-state index contributed by atoms with van der Waals surface area (Å²) in [5, 5.41) is 0. The zero-order chi connectivity index (χ0) is 14.3. The molecule has 0 aliphatic carbocycles. The molecule has 102 valence electrons. The fourth-order valence-corrected chi connectivity index (χ4v) is 3.02. The van der Waals surface area contributed by atoms with E-state index in [1.807, 2.05) is 18.2 Å². The Labute approximate surface area is 126 Å². The quantitative estimate of drug-likeness (QED) is 0.470. The molecule has 1 aromatic rings. The van der Waals surface area contributed by atoms with E-state index in [0.29, 0.717) is 24.5 Å². The van der Waals surface area contributed by atoms with Gasteiger partial charge in [-0.1, -0.05) is 12.2 Å². The van der Waals surface area contributed by atoms with Gasteiger partial charge >= 0.3 is 0 Å². The molecule has 3 nitrogen and oxygen atoms in total. The first-order valence-electron chi connectivity index (χ1n) is 5.76. The van der Waals surface area contributed by atoms with Crippen molar-refractivity contribution >= 4 is 39.3 Å². The first-order chi connectivity index (χ1) is 9.08. The topological polar surface area (TPSA) is 46.3 Å². The summed E-state index contributed by atoms with van der Waals surface area (Å²) in [6.07, 6.45) is 3.43. The predicted octanol–water partition coefficient (Wildman–Crippen LogP) is 3.32. The van der Waals surface area contributed by atoms with Crippen molar-refractivity contribution in [2.75, 3.05) is 24.6 Å². The maximum absolute atomic E-state index is 12.0. The largest absolute Gasteiger partial charge is 0.399 e. The smallest absolute Gasteiger partial charge is 0.233 e. The van der Waals surface area contributed by atoms with Crippen LogP contribution in [0.4, 0.5) is 5.69 Å². The first-order valence-corrected chi connectivity index (χ1v) is 7.53. The Morgan fingerprint density at radius 2 is 2.00 bits per heavy atom. The van der Waals surface area contributed by atoms with Crippen LogP contribution in [0, 0.1) is 0 Å². The Bertz CT molecular complexity index is 467. The van der Waals surface area contributed by atoms with Crippen LogP contribution in [-0.2, 0) is 4.79 Å². The minimum Gasteiger partial charge on any atom is -0.399 e. The van der Waals surface area contributed by atoms with Gasteiger partial charge in [0.15, 0.2) is 0 Å². The van der Waals surface area contributed by atoms with Crippen LogP contribution in [-0.4, -0.2) is 29.6 Å². The van der Waals surface area contributed by atoms with Crippen molar-refractivity contribution < 1.29 is 4.79 Å². The Balaban J connectivity index is 2.61. The second-order valence-electron chi connectivity index (χ2n) is 3.85. The van der Waals surface area contributed by atoms with Crippen LogP contribution >= 0.6 is 27.7 Å². The molecule has 0 fully saturated rings. The van der Waals surface area contributed by atoms with E-state index in [9.17, 15) is 4.79 Å². The molecule has 0 bridgehead atoms. The number of nitrogen functional groups attached to an aromatic ring is 1. The molecule has 0 aromatic heterocycles. The third-order valence-electron chi connectivity index (χ3n) is 2.36. The van der Waals surface area contributed by atoms with E-state index >= 15 is 0 Å². The number of nitrogens with zero attached hydrogens (tertiary/aromatic N) is 1. The SMILES string of the molecule is C=CCN(CC=C)C(=O)CSc1ccc(N)cc1Br. The van der Waals surface area contributed by atoms with Crippen LogP contribution in [0.25, 0.3) is 0 Å². The molecular weight excluding hydrogens is 324 g/mol. The van der Waals surface area contributed by atoms with Gasteiger partial charge in [-0.05, 0) is 34.1 Å². The first kappa shape index (κ1) is 15.9. The van der Waals surface area contributed by atoms with Crippen LogP contribution in [0.2, 0.25) is 0 Å². The summed E-state index contributed by atoms with van der Waals surface area (Å²) >= 11 is 4.92. The highest BCUT2D eigenvalue weighted by Crippen LogP contribution is 2.29. The highest BCUT2D eigenvalue weighted by atomic mass is 79.9. The molecule has 0 radical (unpaired) electrons. The third kappa shape index (κ3) is 5.12. The normalized spacial score (nSPS) is 9.95. The molecular formula is C14H17BrN2OS. The second-order valence-corrected chi connectivity index (χ2v) is 5.73. The van der Waals surface area contributed by atoms with Crippen molar-refractivity contribution in [3.8, 4) is 0 Å². The van der Waals surface area contributed by atoms with E-state index in [2.05, 4.69) is 29.1 Å². The van der Waals surface area contributed by atoms with Crippen molar-refractivity contribution in [1.82, 2.24) is 4.90 Å². The van der Waals surface area contributed by atoms with Gasteiger partial charge < -0.3 is 10.6 Å². The van der Waals surface area contributed by atoms with Crippen molar-refractivity contribution in [3.05, 3.63) is 48.0 Å². The van der Waals surface area contributed by atoms with E-state index in [1.165, 1.54) is 11.8 Å². The number of halogens is 1. The van der Waals surface area contributed by atoms with Crippen LogP contribution in [0.15, 0.2) is 52.9 Å². The van der Waals surface area contributed by atoms with Crippen LogP contribution in [0.3, 0.4) is 0 Å². The average Bonchev–Trinajstić information content (AvgIpc) is 2.37. The molecule has 19 heavy (non-hydrogen) atoms. The van der Waals surface area contributed by atoms with Crippen molar-refractivity contribution in [2.45, 2.75) is 4.90 Å². The maximum Gasteiger partial charge on any atom is 0.233 e. The van der Waals surface area contributed by atoms with E-state index in [4.69, 9.17) is 5.73 Å². The lowest BCUT2D eigenvalue weighted by Crippen LogP contribution is -2.32. The maximum atomic E-state index is 12.0. The zero-order valence-electron chi connectivity index (χ0n) is 10.6. The fraction of sp³-hybridized carbons (Fsp3) is 0.214. The van der Waals surface area contributed by atoms with Crippen molar-refractivity contribution in [3.63, 3.8) is 0 Å². The standard InChI is InChI=1S/C14H17BrN2OS/c1-3-7-17(8-4-2)14(18)10-19-13-6-5-11(16)9-12(13)15/h3-6,9H,1-2,7-8,10,16H2. The molecule has 5 heteroatoms. The molecule has 1 rings (SSSR count). The minimum absolute atomic E-state index is 0.0634. The second kappa shape index (κ2) is 8.07. The number of thioether (sulfide) groups is 1. The van der Waals surface area contributed by atoms with Crippen LogP contribution in [0.1, 0.15) is 0 Å². The number of carbonyl (C=O) groups excluding carboxylic acids is 1. The van der Waals surface area contributed by atoms with Crippen LogP contribution < -0.4 is 5.73 Å². The molecule has 0 saturated carbocycles. The number of rotatable bonds is 7. The number of benzene rings is 1. The molecule has 2 N–H and O–H groups in total. The van der Waals surface area contributed by atoms with Crippen molar-refractivity contribution in [2.24, 2.45) is 0 Å². The fourth-order valence-electron chi connectivity index (χ4n) is 1.45. The Morgan fingerprint density at radius 1 is 1.37 bits per heavy atom. The van der Waals surface area contributed by atoms with Gasteiger partial charge in [0.2, 0.25) is 5.91 Å². The summed E-state index contributed by atoms with van der Waals surface area (Å²) in [6.45, 7) is 8.37. The summed E-state index contributed by atoms with van der Waals surface area (Å²) < 4.78 is 0.907. The van der Waals surface area contributed by atoms with E-state index in [-0.39, 0.29) is 5.91 Å². The number of amides is 1. The highest BCUT2D eigenvalue weighted by molar-refractivity contribution is 9.10. The lowest BCUT2D eigenvalue weighted by molar-refractivity contribution is -0.127. The zero-order valence-corrected chi connectivity index (χ0v) is 13.0. The number of carbonyl (C=O) groups is 1. The number of nitrogens with two attached hydrogens (primary N) is 1. The molecule has 0 heterocycles. The van der Waals surface area contributed by atoms with E-state index in [1.54, 1.807) is 17.1 Å². The molecule has 0 aliphatic rings. The number of anilines is 1. The van der Waals surface area contributed by atoms with Gasteiger partial charge in [0.05, 0.1) is 5.75 Å². The molecule has 1 amide bonds. The summed E-state index contributed by atoms with van der Waals surface area (Å²) in [4.78, 5) is 14.8. The number of hydrogen-bond donors (Lipinski definition) is 1. The van der Waals surface area contributed by atoms with Gasteiger partial charge in [0.25, 0.3) is 0 Å².